The molecule has 1 aliphatic heterocycles. The minimum absolute atomic E-state index is 0.499. The first-order valence-electron chi connectivity index (χ1n) is 20.5. The summed E-state index contributed by atoms with van der Waals surface area (Å²) in [7, 11) is 0. The smallest absolute Gasteiger partial charge is 0.239 e. The molecule has 0 saturated carbocycles. The van der Waals surface area contributed by atoms with Gasteiger partial charge in [0.25, 0.3) is 0 Å². The van der Waals surface area contributed by atoms with Crippen LogP contribution in [0.25, 0.3) is 93.4 Å². The number of aromatic nitrogens is 4. The summed E-state index contributed by atoms with van der Waals surface area (Å²) in [5.41, 5.74) is 6.72. The standard InChI is InChI=1S/C55H33N5O/c1-4-16-34(17-5-1)53-56-54(35-18-6-2-7-19-35)58-55(57-53)60-49-28-36-20-10-11-21-37(36)29-51(49)61-52-32-46-45-30-43-41-26-14-12-24-39(41)40-25-13-15-27-42(40)44(43)31-47(45)59(48(46)33-50(52)60)38-22-8-3-9-23-38/h1-33H. The van der Waals surface area contributed by atoms with E-state index in [-0.39, 0.29) is 0 Å². The van der Waals surface area contributed by atoms with Gasteiger partial charge in [-0.3, -0.25) is 4.90 Å². The molecule has 6 heteroatoms. The highest BCUT2D eigenvalue weighted by molar-refractivity contribution is 6.29. The van der Waals surface area contributed by atoms with Crippen LogP contribution in [-0.4, -0.2) is 19.5 Å². The third-order valence-corrected chi connectivity index (χ3v) is 12.1. The van der Waals surface area contributed by atoms with Crippen LogP contribution in [-0.2, 0) is 0 Å². The fraction of sp³-hybridized carbons (Fsp3) is 0. The maximum absolute atomic E-state index is 7.03. The Labute approximate surface area is 350 Å². The monoisotopic (exact) mass is 779 g/mol. The summed E-state index contributed by atoms with van der Waals surface area (Å²) in [5, 5.41) is 11.8. The molecule has 13 rings (SSSR count). The minimum Gasteiger partial charge on any atom is -0.453 e. The molecule has 0 radical (unpaired) electrons. The first-order chi connectivity index (χ1) is 30.2. The second-order valence-electron chi connectivity index (χ2n) is 15.6. The molecular weight excluding hydrogens is 747 g/mol. The fourth-order valence-electron chi connectivity index (χ4n) is 9.36. The Morgan fingerprint density at radius 2 is 0.803 bits per heavy atom. The highest BCUT2D eigenvalue weighted by Gasteiger charge is 2.31. The number of anilines is 3. The maximum Gasteiger partial charge on any atom is 0.239 e. The highest BCUT2D eigenvalue weighted by atomic mass is 16.5. The predicted molar refractivity (Wildman–Crippen MR) is 250 cm³/mol. The van der Waals surface area contributed by atoms with E-state index in [1.54, 1.807) is 0 Å². The number of hydrogen-bond donors (Lipinski definition) is 0. The van der Waals surface area contributed by atoms with Crippen molar-refractivity contribution in [1.29, 1.82) is 0 Å². The number of benzene rings is 10. The molecule has 10 aromatic carbocycles. The van der Waals surface area contributed by atoms with E-state index in [2.05, 4.69) is 149 Å². The van der Waals surface area contributed by atoms with Crippen molar-refractivity contribution in [2.45, 2.75) is 0 Å². The van der Waals surface area contributed by atoms with Gasteiger partial charge in [0.1, 0.15) is 0 Å². The minimum atomic E-state index is 0.499. The van der Waals surface area contributed by atoms with E-state index < -0.39 is 0 Å². The predicted octanol–water partition coefficient (Wildman–Crippen LogP) is 14.5. The lowest BCUT2D eigenvalue weighted by molar-refractivity contribution is 0.478. The molecule has 0 amide bonds. The van der Waals surface area contributed by atoms with Crippen molar-refractivity contribution in [3.05, 3.63) is 200 Å². The molecule has 0 fully saturated rings. The van der Waals surface area contributed by atoms with Crippen LogP contribution in [0.3, 0.4) is 0 Å². The Morgan fingerprint density at radius 1 is 0.344 bits per heavy atom. The molecule has 0 bridgehead atoms. The lowest BCUT2D eigenvalue weighted by Crippen LogP contribution is -2.19. The zero-order valence-electron chi connectivity index (χ0n) is 32.7. The lowest BCUT2D eigenvalue weighted by atomic mass is 9.93. The van der Waals surface area contributed by atoms with E-state index in [1.165, 1.54) is 32.3 Å². The van der Waals surface area contributed by atoms with Crippen LogP contribution in [0, 0.1) is 0 Å². The lowest BCUT2D eigenvalue weighted by Gasteiger charge is -2.32. The normalized spacial score (nSPS) is 12.4. The second kappa shape index (κ2) is 13.1. The number of fused-ring (bicyclic) bond motifs is 12. The van der Waals surface area contributed by atoms with Gasteiger partial charge in [0.15, 0.2) is 23.1 Å². The summed E-state index contributed by atoms with van der Waals surface area (Å²) in [6, 6.07) is 70.3. The van der Waals surface area contributed by atoms with Crippen LogP contribution in [0.2, 0.25) is 0 Å². The molecule has 0 spiro atoms. The first-order valence-corrected chi connectivity index (χ1v) is 20.5. The van der Waals surface area contributed by atoms with Gasteiger partial charge in [-0.25, -0.2) is 4.98 Å². The molecule has 0 saturated heterocycles. The van der Waals surface area contributed by atoms with Crippen molar-refractivity contribution in [3.63, 3.8) is 0 Å². The van der Waals surface area contributed by atoms with Crippen molar-refractivity contribution < 1.29 is 4.74 Å². The largest absolute Gasteiger partial charge is 0.453 e. The zero-order chi connectivity index (χ0) is 40.0. The van der Waals surface area contributed by atoms with E-state index in [0.717, 1.165) is 66.5 Å². The third kappa shape index (κ3) is 5.19. The van der Waals surface area contributed by atoms with Gasteiger partial charge in [0.05, 0.1) is 22.4 Å². The Bertz CT molecular complexity index is 3680. The van der Waals surface area contributed by atoms with Crippen LogP contribution in [0.5, 0.6) is 11.5 Å². The summed E-state index contributed by atoms with van der Waals surface area (Å²) >= 11 is 0. The molecule has 0 unspecified atom stereocenters. The van der Waals surface area contributed by atoms with Gasteiger partial charge in [0, 0.05) is 27.6 Å². The van der Waals surface area contributed by atoms with Gasteiger partial charge in [-0.1, -0.05) is 152 Å². The molecule has 1 aliphatic rings. The quantitative estimate of drug-likeness (QED) is 0.167. The number of nitrogens with zero attached hydrogens (tertiary/aromatic N) is 5. The highest BCUT2D eigenvalue weighted by Crippen LogP contribution is 2.54. The summed E-state index contributed by atoms with van der Waals surface area (Å²) in [6.45, 7) is 0. The Balaban J connectivity index is 1.15. The number of rotatable bonds is 4. The van der Waals surface area contributed by atoms with Gasteiger partial charge in [0.2, 0.25) is 5.95 Å². The Hall–Kier alpha value is -8.35. The van der Waals surface area contributed by atoms with Gasteiger partial charge in [-0.05, 0) is 91.6 Å². The Morgan fingerprint density at radius 3 is 1.43 bits per heavy atom. The van der Waals surface area contributed by atoms with E-state index in [0.29, 0.717) is 23.3 Å². The number of ether oxygens (including phenoxy) is 1. The van der Waals surface area contributed by atoms with Crippen LogP contribution in [0.15, 0.2) is 200 Å². The maximum atomic E-state index is 7.03. The van der Waals surface area contributed by atoms with Crippen molar-refractivity contribution in [1.82, 2.24) is 19.5 Å². The molecule has 2 aromatic heterocycles. The van der Waals surface area contributed by atoms with Gasteiger partial charge in [-0.15, -0.1) is 0 Å². The molecule has 3 heterocycles. The fourth-order valence-corrected chi connectivity index (χ4v) is 9.36. The van der Waals surface area contributed by atoms with Crippen LogP contribution in [0.4, 0.5) is 17.3 Å². The topological polar surface area (TPSA) is 56.1 Å². The summed E-state index contributed by atoms with van der Waals surface area (Å²) in [6.07, 6.45) is 0. The summed E-state index contributed by atoms with van der Waals surface area (Å²) in [4.78, 5) is 17.7. The van der Waals surface area contributed by atoms with Gasteiger partial charge >= 0.3 is 0 Å². The van der Waals surface area contributed by atoms with Crippen LogP contribution in [0.1, 0.15) is 0 Å². The second-order valence-corrected chi connectivity index (χ2v) is 15.6. The Kier molecular flexibility index (Phi) is 7.21. The van der Waals surface area contributed by atoms with E-state index in [1.807, 2.05) is 60.7 Å². The van der Waals surface area contributed by atoms with E-state index in [9.17, 15) is 0 Å². The first kappa shape index (κ1) is 33.6. The third-order valence-electron chi connectivity index (χ3n) is 12.1. The molecule has 6 nitrogen and oxygen atoms in total. The van der Waals surface area contributed by atoms with Crippen molar-refractivity contribution in [3.8, 4) is 40.0 Å². The molecule has 61 heavy (non-hydrogen) atoms. The number of hydrogen-bond acceptors (Lipinski definition) is 5. The van der Waals surface area contributed by atoms with Crippen molar-refractivity contribution in [2.75, 3.05) is 4.90 Å². The average molecular weight is 780 g/mol. The average Bonchev–Trinajstić information content (AvgIpc) is 3.64. The van der Waals surface area contributed by atoms with Crippen LogP contribution >= 0.6 is 0 Å². The summed E-state index contributed by atoms with van der Waals surface area (Å²) < 4.78 is 9.42. The SMILES string of the molecule is c1ccc(-c2nc(-c3ccccc3)nc(N3c4cc5ccccc5cc4Oc4cc5c6cc7c8ccccc8c8ccccc8c7cc6n(-c6ccccc6)c5cc43)n2)cc1. The van der Waals surface area contributed by atoms with Crippen molar-refractivity contribution >= 4 is 82.2 Å². The molecule has 12 aromatic rings. The molecule has 0 aliphatic carbocycles. The van der Waals surface area contributed by atoms with Crippen molar-refractivity contribution in [2.24, 2.45) is 0 Å². The number of para-hydroxylation sites is 1. The van der Waals surface area contributed by atoms with Gasteiger partial charge in [-0.2, -0.15) is 9.97 Å². The molecule has 284 valence electrons. The zero-order valence-corrected chi connectivity index (χ0v) is 32.7. The van der Waals surface area contributed by atoms with Gasteiger partial charge < -0.3 is 9.30 Å². The van der Waals surface area contributed by atoms with E-state index >= 15 is 0 Å². The van der Waals surface area contributed by atoms with E-state index in [4.69, 9.17) is 19.7 Å². The molecular formula is C55H33N5O. The molecule has 0 N–H and O–H groups in total. The summed E-state index contributed by atoms with van der Waals surface area (Å²) in [5.74, 6) is 3.12. The molecule has 0 atom stereocenters. The van der Waals surface area contributed by atoms with Crippen LogP contribution < -0.4 is 9.64 Å².